The molecule has 0 bridgehead atoms. The molecule has 0 aromatic rings. The van der Waals surface area contributed by atoms with Crippen LogP contribution in [0.1, 0.15) is 40.5 Å². The molecule has 0 aliphatic carbocycles. The maximum absolute atomic E-state index is 9.56. The first kappa shape index (κ1) is 13.9. The highest BCUT2D eigenvalue weighted by Gasteiger charge is 2.35. The highest BCUT2D eigenvalue weighted by Crippen LogP contribution is 2.27. The third-order valence-electron chi connectivity index (χ3n) is 3.97. The van der Waals surface area contributed by atoms with Gasteiger partial charge >= 0.3 is 0 Å². The van der Waals surface area contributed by atoms with Crippen molar-refractivity contribution in [1.29, 1.82) is 0 Å². The SMILES string of the molecule is CCC1CCN(C(CO)C(N)C(C)(C)C)C1. The van der Waals surface area contributed by atoms with Crippen molar-refractivity contribution >= 4 is 0 Å². The normalized spacial score (nSPS) is 27.0. The van der Waals surface area contributed by atoms with Crippen molar-refractivity contribution in [3.05, 3.63) is 0 Å². The zero-order valence-electron chi connectivity index (χ0n) is 11.2. The molecule has 3 atom stereocenters. The third kappa shape index (κ3) is 3.19. The first-order valence-corrected chi connectivity index (χ1v) is 6.50. The van der Waals surface area contributed by atoms with Gasteiger partial charge in [-0.15, -0.1) is 0 Å². The van der Waals surface area contributed by atoms with E-state index in [1.54, 1.807) is 0 Å². The number of hydrogen-bond acceptors (Lipinski definition) is 3. The van der Waals surface area contributed by atoms with E-state index in [4.69, 9.17) is 5.73 Å². The van der Waals surface area contributed by atoms with E-state index in [0.29, 0.717) is 0 Å². The van der Waals surface area contributed by atoms with Crippen LogP contribution in [0.25, 0.3) is 0 Å². The van der Waals surface area contributed by atoms with Gasteiger partial charge in [-0.1, -0.05) is 34.1 Å². The van der Waals surface area contributed by atoms with Gasteiger partial charge in [0.1, 0.15) is 0 Å². The summed E-state index contributed by atoms with van der Waals surface area (Å²) in [6.07, 6.45) is 2.49. The van der Waals surface area contributed by atoms with Crippen LogP contribution < -0.4 is 5.73 Å². The molecule has 0 aromatic carbocycles. The minimum Gasteiger partial charge on any atom is -0.395 e. The first-order valence-electron chi connectivity index (χ1n) is 6.50. The van der Waals surface area contributed by atoms with Gasteiger partial charge in [-0.25, -0.2) is 0 Å². The number of nitrogens with two attached hydrogens (primary N) is 1. The summed E-state index contributed by atoms with van der Waals surface area (Å²) in [5.41, 5.74) is 6.32. The van der Waals surface area contributed by atoms with Gasteiger partial charge in [-0.3, -0.25) is 4.90 Å². The minimum atomic E-state index is 0.0353. The number of nitrogens with zero attached hydrogens (tertiary/aromatic N) is 1. The van der Waals surface area contributed by atoms with Crippen LogP contribution in [0.15, 0.2) is 0 Å². The van der Waals surface area contributed by atoms with Crippen molar-refractivity contribution in [2.75, 3.05) is 19.7 Å². The maximum atomic E-state index is 9.56. The average molecular weight is 228 g/mol. The molecular formula is C13H28N2O. The molecule has 3 unspecified atom stereocenters. The first-order chi connectivity index (χ1) is 7.40. The second-order valence-electron chi connectivity index (χ2n) is 6.20. The van der Waals surface area contributed by atoms with E-state index in [2.05, 4.69) is 32.6 Å². The lowest BCUT2D eigenvalue weighted by atomic mass is 9.82. The zero-order valence-corrected chi connectivity index (χ0v) is 11.2. The Kier molecular flexibility index (Phi) is 4.77. The van der Waals surface area contributed by atoms with Crippen molar-refractivity contribution < 1.29 is 5.11 Å². The summed E-state index contributed by atoms with van der Waals surface area (Å²) in [7, 11) is 0. The lowest BCUT2D eigenvalue weighted by Crippen LogP contribution is -2.54. The molecule has 0 saturated carbocycles. The Morgan fingerprint density at radius 3 is 2.44 bits per heavy atom. The lowest BCUT2D eigenvalue weighted by molar-refractivity contribution is 0.0849. The molecule has 3 N–H and O–H groups in total. The fourth-order valence-corrected chi connectivity index (χ4v) is 2.53. The average Bonchev–Trinajstić information content (AvgIpc) is 2.66. The number of aliphatic hydroxyl groups is 1. The molecule has 1 aliphatic heterocycles. The van der Waals surface area contributed by atoms with Gasteiger partial charge in [0.15, 0.2) is 0 Å². The van der Waals surface area contributed by atoms with Crippen LogP contribution in [0, 0.1) is 11.3 Å². The van der Waals surface area contributed by atoms with Crippen molar-refractivity contribution in [2.24, 2.45) is 17.1 Å². The predicted octanol–water partition coefficient (Wildman–Crippen LogP) is 1.45. The van der Waals surface area contributed by atoms with E-state index in [1.165, 1.54) is 12.8 Å². The Morgan fingerprint density at radius 2 is 2.06 bits per heavy atom. The van der Waals surface area contributed by atoms with Gasteiger partial charge in [0.05, 0.1) is 6.61 Å². The highest BCUT2D eigenvalue weighted by molar-refractivity contribution is 4.92. The fraction of sp³-hybridized carbons (Fsp3) is 1.00. The molecule has 1 aliphatic rings. The van der Waals surface area contributed by atoms with Gasteiger partial charge in [0.2, 0.25) is 0 Å². The highest BCUT2D eigenvalue weighted by atomic mass is 16.3. The molecule has 0 aromatic heterocycles. The molecular weight excluding hydrogens is 200 g/mol. The molecule has 0 radical (unpaired) electrons. The van der Waals surface area contributed by atoms with Crippen LogP contribution in [0.3, 0.4) is 0 Å². The fourth-order valence-electron chi connectivity index (χ4n) is 2.53. The molecule has 1 saturated heterocycles. The van der Waals surface area contributed by atoms with Crippen molar-refractivity contribution in [3.8, 4) is 0 Å². The smallest absolute Gasteiger partial charge is 0.0602 e. The Morgan fingerprint density at radius 1 is 1.44 bits per heavy atom. The molecule has 0 amide bonds. The van der Waals surface area contributed by atoms with Gasteiger partial charge in [0, 0.05) is 18.6 Å². The topological polar surface area (TPSA) is 49.5 Å². The summed E-state index contributed by atoms with van der Waals surface area (Å²) in [4.78, 5) is 2.38. The quantitative estimate of drug-likeness (QED) is 0.766. The van der Waals surface area contributed by atoms with Crippen LogP contribution in [0.2, 0.25) is 0 Å². The molecule has 96 valence electrons. The molecule has 1 heterocycles. The largest absolute Gasteiger partial charge is 0.395 e. The standard InChI is InChI=1S/C13H28N2O/c1-5-10-6-7-15(8-10)11(9-16)12(14)13(2,3)4/h10-12,16H,5-9,14H2,1-4H3. The molecule has 1 fully saturated rings. The van der Waals surface area contributed by atoms with E-state index in [0.717, 1.165) is 19.0 Å². The van der Waals surface area contributed by atoms with E-state index in [-0.39, 0.29) is 24.1 Å². The predicted molar refractivity (Wildman–Crippen MR) is 68.3 cm³/mol. The number of hydrogen-bond donors (Lipinski definition) is 2. The van der Waals surface area contributed by atoms with Crippen LogP contribution >= 0.6 is 0 Å². The summed E-state index contributed by atoms with van der Waals surface area (Å²) >= 11 is 0. The van der Waals surface area contributed by atoms with E-state index in [1.807, 2.05) is 0 Å². The molecule has 16 heavy (non-hydrogen) atoms. The molecule has 3 heteroatoms. The summed E-state index contributed by atoms with van der Waals surface area (Å²) in [6.45, 7) is 11.1. The van der Waals surface area contributed by atoms with Gasteiger partial charge in [-0.05, 0) is 24.3 Å². The van der Waals surface area contributed by atoms with Gasteiger partial charge in [0.25, 0.3) is 0 Å². The van der Waals surface area contributed by atoms with E-state index < -0.39 is 0 Å². The third-order valence-corrected chi connectivity index (χ3v) is 3.97. The van der Waals surface area contributed by atoms with Gasteiger partial charge < -0.3 is 10.8 Å². The van der Waals surface area contributed by atoms with Crippen LogP contribution in [0.5, 0.6) is 0 Å². The second-order valence-corrected chi connectivity index (χ2v) is 6.20. The van der Waals surface area contributed by atoms with Crippen molar-refractivity contribution in [3.63, 3.8) is 0 Å². The summed E-state index contributed by atoms with van der Waals surface area (Å²) in [6, 6.07) is 0.157. The lowest BCUT2D eigenvalue weighted by Gasteiger charge is -2.38. The molecule has 3 nitrogen and oxygen atoms in total. The van der Waals surface area contributed by atoms with Gasteiger partial charge in [-0.2, -0.15) is 0 Å². The van der Waals surface area contributed by atoms with E-state index >= 15 is 0 Å². The Balaban J connectivity index is 2.61. The van der Waals surface area contributed by atoms with Crippen LogP contribution in [-0.2, 0) is 0 Å². The zero-order chi connectivity index (χ0) is 12.3. The summed E-state index contributed by atoms with van der Waals surface area (Å²) in [5.74, 6) is 0.793. The Bertz CT molecular complexity index is 212. The van der Waals surface area contributed by atoms with Crippen molar-refractivity contribution in [1.82, 2.24) is 4.90 Å². The molecule has 0 spiro atoms. The Hall–Kier alpha value is -0.120. The minimum absolute atomic E-state index is 0.0353. The number of likely N-dealkylation sites (tertiary alicyclic amines) is 1. The maximum Gasteiger partial charge on any atom is 0.0602 e. The van der Waals surface area contributed by atoms with Crippen LogP contribution in [0.4, 0.5) is 0 Å². The van der Waals surface area contributed by atoms with Crippen molar-refractivity contribution in [2.45, 2.75) is 52.6 Å². The molecule has 1 rings (SSSR count). The number of aliphatic hydroxyl groups excluding tert-OH is 1. The monoisotopic (exact) mass is 228 g/mol. The summed E-state index contributed by atoms with van der Waals surface area (Å²) in [5, 5.41) is 9.56. The number of rotatable bonds is 4. The van der Waals surface area contributed by atoms with Crippen LogP contribution in [-0.4, -0.2) is 41.8 Å². The van der Waals surface area contributed by atoms with E-state index in [9.17, 15) is 5.11 Å². The second kappa shape index (κ2) is 5.48. The summed E-state index contributed by atoms with van der Waals surface area (Å²) < 4.78 is 0. The Labute approximate surface area is 100 Å².